The van der Waals surface area contributed by atoms with Gasteiger partial charge in [0.1, 0.15) is 5.78 Å². The lowest BCUT2D eigenvalue weighted by molar-refractivity contribution is -0.139. The molecule has 0 bridgehead atoms. The fourth-order valence-corrected chi connectivity index (χ4v) is 8.69. The van der Waals surface area contributed by atoms with Crippen LogP contribution in [0.2, 0.25) is 0 Å². The first-order valence-corrected chi connectivity index (χ1v) is 10.5. The molecule has 5 fully saturated rings. The van der Waals surface area contributed by atoms with E-state index in [0.717, 1.165) is 42.9 Å². The van der Waals surface area contributed by atoms with Gasteiger partial charge in [-0.05, 0) is 105 Å². The summed E-state index contributed by atoms with van der Waals surface area (Å²) >= 11 is 0. The molecular weight excluding hydrogens is 296 g/mol. The number of hydrogen-bond acceptors (Lipinski definition) is 2. The monoisotopic (exact) mass is 330 g/mol. The number of hydrogen-bond donors (Lipinski definition) is 1. The number of aliphatic hydroxyl groups is 1. The first kappa shape index (κ1) is 15.9. The molecule has 0 radical (unpaired) electrons. The van der Waals surface area contributed by atoms with Crippen molar-refractivity contribution in [1.82, 2.24) is 0 Å². The zero-order valence-electron chi connectivity index (χ0n) is 15.7. The summed E-state index contributed by atoms with van der Waals surface area (Å²) in [4.78, 5) is 12.2. The van der Waals surface area contributed by atoms with Crippen LogP contribution >= 0.6 is 0 Å². The number of fused-ring (bicyclic) bond motifs is 6. The summed E-state index contributed by atoms with van der Waals surface area (Å²) in [7, 11) is 0. The molecule has 0 amide bonds. The third-order valence-corrected chi connectivity index (χ3v) is 10.0. The molecule has 0 aromatic carbocycles. The minimum atomic E-state index is -0.271. The second-order valence-electron chi connectivity index (χ2n) is 10.9. The van der Waals surface area contributed by atoms with Crippen molar-refractivity contribution in [1.29, 1.82) is 0 Å². The van der Waals surface area contributed by atoms with E-state index in [1.807, 2.05) is 6.92 Å². The van der Waals surface area contributed by atoms with E-state index in [-0.39, 0.29) is 11.0 Å². The standard InChI is InChI=1S/C22H34O2/c1-13(23)17-6-7-18-16-5-4-14-11-22(24)12-15(22)10-21(14,3)19(16)8-9-20(17,18)2/h14-19,24H,4-12H2,1-3H3/t14-,15-,16-,17+,18-,19-,20+,21-,22+/m0/s1. The molecule has 24 heavy (non-hydrogen) atoms. The maximum Gasteiger partial charge on any atom is 0.133 e. The Hall–Kier alpha value is -0.370. The van der Waals surface area contributed by atoms with Crippen LogP contribution in [0, 0.1) is 46.3 Å². The molecule has 9 atom stereocenters. The zero-order chi connectivity index (χ0) is 16.9. The summed E-state index contributed by atoms with van der Waals surface area (Å²) in [6.07, 6.45) is 11.1. The van der Waals surface area contributed by atoms with E-state index in [1.165, 1.54) is 38.5 Å². The average molecular weight is 331 g/mol. The number of carbonyl (C=O) groups excluding carboxylic acids is 1. The van der Waals surface area contributed by atoms with Gasteiger partial charge in [0.2, 0.25) is 0 Å². The normalized spacial score (nSPS) is 61.3. The molecule has 5 saturated carbocycles. The van der Waals surface area contributed by atoms with E-state index >= 15 is 0 Å². The predicted octanol–water partition coefficient (Wildman–Crippen LogP) is 4.60. The van der Waals surface area contributed by atoms with Gasteiger partial charge in [0, 0.05) is 5.92 Å². The molecule has 0 spiro atoms. The highest BCUT2D eigenvalue weighted by atomic mass is 16.3. The summed E-state index contributed by atoms with van der Waals surface area (Å²) in [5.41, 5.74) is 0.477. The molecule has 0 unspecified atom stereocenters. The van der Waals surface area contributed by atoms with Gasteiger partial charge in [-0.15, -0.1) is 0 Å². The molecule has 0 aromatic rings. The number of Topliss-reactive ketones (excluding diaryl/α,β-unsaturated/α-hetero) is 1. The van der Waals surface area contributed by atoms with E-state index in [1.54, 1.807) is 0 Å². The molecule has 1 N–H and O–H groups in total. The van der Waals surface area contributed by atoms with Crippen molar-refractivity contribution in [2.75, 3.05) is 0 Å². The van der Waals surface area contributed by atoms with Crippen molar-refractivity contribution >= 4 is 5.78 Å². The van der Waals surface area contributed by atoms with E-state index in [0.29, 0.717) is 23.0 Å². The fraction of sp³-hybridized carbons (Fsp3) is 0.955. The summed E-state index contributed by atoms with van der Waals surface area (Å²) in [5.74, 6) is 4.59. The smallest absolute Gasteiger partial charge is 0.133 e. The van der Waals surface area contributed by atoms with Gasteiger partial charge in [-0.25, -0.2) is 0 Å². The highest BCUT2D eigenvalue weighted by Crippen LogP contribution is 2.71. The van der Waals surface area contributed by atoms with E-state index in [4.69, 9.17) is 0 Å². The first-order chi connectivity index (χ1) is 11.3. The molecule has 2 heteroatoms. The molecule has 0 heterocycles. The predicted molar refractivity (Wildman–Crippen MR) is 94.3 cm³/mol. The minimum Gasteiger partial charge on any atom is -0.390 e. The summed E-state index contributed by atoms with van der Waals surface area (Å²) in [5, 5.41) is 10.6. The number of ketones is 1. The Bertz CT molecular complexity index is 585. The maximum atomic E-state index is 12.2. The lowest BCUT2D eigenvalue weighted by atomic mass is 9.44. The number of rotatable bonds is 1. The second-order valence-corrected chi connectivity index (χ2v) is 10.9. The van der Waals surface area contributed by atoms with Crippen LogP contribution in [0.4, 0.5) is 0 Å². The van der Waals surface area contributed by atoms with Crippen molar-refractivity contribution < 1.29 is 9.90 Å². The Morgan fingerprint density at radius 3 is 2.33 bits per heavy atom. The van der Waals surface area contributed by atoms with Crippen LogP contribution in [-0.2, 0) is 4.79 Å². The highest BCUT2D eigenvalue weighted by molar-refractivity contribution is 5.79. The van der Waals surface area contributed by atoms with Gasteiger partial charge < -0.3 is 5.11 Å². The lowest BCUT2D eigenvalue weighted by Crippen LogP contribution is -2.54. The Morgan fingerprint density at radius 2 is 1.58 bits per heavy atom. The topological polar surface area (TPSA) is 37.3 Å². The average Bonchev–Trinajstić information content (AvgIpc) is 2.99. The third kappa shape index (κ3) is 1.85. The molecule has 2 nitrogen and oxygen atoms in total. The SMILES string of the molecule is CC(=O)[C@H]1CC[C@H]2[C@@H]3CC[C@H]4C[C@@]5(O)C[C@@H]5C[C@]4(C)[C@H]3CC[C@]12C. The minimum absolute atomic E-state index is 0.271. The van der Waals surface area contributed by atoms with Crippen molar-refractivity contribution in [3.05, 3.63) is 0 Å². The largest absolute Gasteiger partial charge is 0.390 e. The van der Waals surface area contributed by atoms with Crippen LogP contribution in [0.25, 0.3) is 0 Å². The Morgan fingerprint density at radius 1 is 0.875 bits per heavy atom. The van der Waals surface area contributed by atoms with E-state index in [2.05, 4.69) is 13.8 Å². The second kappa shape index (κ2) is 4.67. The molecule has 0 aliphatic heterocycles. The summed E-state index contributed by atoms with van der Waals surface area (Å²) < 4.78 is 0. The Kier molecular flexibility index (Phi) is 3.08. The first-order valence-electron chi connectivity index (χ1n) is 10.5. The van der Waals surface area contributed by atoms with Gasteiger partial charge in [-0.1, -0.05) is 13.8 Å². The van der Waals surface area contributed by atoms with Gasteiger partial charge >= 0.3 is 0 Å². The van der Waals surface area contributed by atoms with Crippen LogP contribution in [0.3, 0.4) is 0 Å². The van der Waals surface area contributed by atoms with Crippen LogP contribution in [-0.4, -0.2) is 16.5 Å². The van der Waals surface area contributed by atoms with Crippen molar-refractivity contribution in [3.8, 4) is 0 Å². The third-order valence-electron chi connectivity index (χ3n) is 10.0. The zero-order valence-corrected chi connectivity index (χ0v) is 15.7. The van der Waals surface area contributed by atoms with Crippen LogP contribution in [0.1, 0.15) is 78.6 Å². The van der Waals surface area contributed by atoms with Crippen LogP contribution in [0.15, 0.2) is 0 Å². The van der Waals surface area contributed by atoms with Crippen molar-refractivity contribution in [2.24, 2.45) is 46.3 Å². The van der Waals surface area contributed by atoms with Crippen LogP contribution in [0.5, 0.6) is 0 Å². The molecule has 5 aliphatic rings. The highest BCUT2D eigenvalue weighted by Gasteiger charge is 2.67. The van der Waals surface area contributed by atoms with Gasteiger partial charge in [-0.2, -0.15) is 0 Å². The molecule has 0 saturated heterocycles. The maximum absolute atomic E-state index is 12.2. The van der Waals surface area contributed by atoms with E-state index in [9.17, 15) is 9.90 Å². The van der Waals surface area contributed by atoms with E-state index < -0.39 is 0 Å². The van der Waals surface area contributed by atoms with Crippen molar-refractivity contribution in [2.45, 2.75) is 84.2 Å². The quantitative estimate of drug-likeness (QED) is 0.763. The summed E-state index contributed by atoms with van der Waals surface area (Å²) in [6.45, 7) is 6.85. The van der Waals surface area contributed by atoms with Gasteiger partial charge in [0.15, 0.2) is 0 Å². The van der Waals surface area contributed by atoms with Crippen LogP contribution < -0.4 is 0 Å². The van der Waals surface area contributed by atoms with Crippen molar-refractivity contribution in [3.63, 3.8) is 0 Å². The lowest BCUT2D eigenvalue weighted by Gasteiger charge is -2.60. The van der Waals surface area contributed by atoms with Gasteiger partial charge in [-0.3, -0.25) is 4.79 Å². The molecule has 0 aromatic heterocycles. The van der Waals surface area contributed by atoms with Gasteiger partial charge in [0.05, 0.1) is 5.60 Å². The van der Waals surface area contributed by atoms with Gasteiger partial charge in [0.25, 0.3) is 0 Å². The fourth-order valence-electron chi connectivity index (χ4n) is 8.69. The Balaban J connectivity index is 1.45. The summed E-state index contributed by atoms with van der Waals surface area (Å²) in [6, 6.07) is 0. The number of carbonyl (C=O) groups is 1. The molecule has 5 aliphatic carbocycles. The molecular formula is C22H34O2. The molecule has 5 rings (SSSR count). The molecule has 134 valence electrons. The Labute approximate surface area is 146 Å².